The Bertz CT molecular complexity index is 531. The molecule has 20 heavy (non-hydrogen) atoms. The van der Waals surface area contributed by atoms with E-state index >= 15 is 0 Å². The number of hydrogen-bond donors (Lipinski definition) is 2. The lowest BCUT2D eigenvalue weighted by atomic mass is 10.0. The van der Waals surface area contributed by atoms with Crippen molar-refractivity contribution in [3.8, 4) is 0 Å². The Hall–Kier alpha value is -1.36. The van der Waals surface area contributed by atoms with Crippen LogP contribution in [0.5, 0.6) is 0 Å². The summed E-state index contributed by atoms with van der Waals surface area (Å²) in [4.78, 5) is 23.4. The zero-order chi connectivity index (χ0) is 14.7. The molecule has 0 aromatic heterocycles. The second kappa shape index (κ2) is 6.39. The standard InChI is InChI=1S/C15H19BrN2O2/c1-9-10(4-2-6-12(9)16)8-14(19)18-13-7-3-5-11(13)15(17)20/h2,4,6,11,13H,3,5,7-8H2,1H3,(H2,17,20)(H,18,19)/t11-,13+/m0/s1. The maximum absolute atomic E-state index is 12.1. The van der Waals surface area contributed by atoms with Crippen LogP contribution in [0.3, 0.4) is 0 Å². The van der Waals surface area contributed by atoms with Gasteiger partial charge in [-0.15, -0.1) is 0 Å². The van der Waals surface area contributed by atoms with Gasteiger partial charge in [-0.05, 0) is 37.0 Å². The molecule has 1 fully saturated rings. The van der Waals surface area contributed by atoms with Gasteiger partial charge in [0.25, 0.3) is 0 Å². The topological polar surface area (TPSA) is 72.2 Å². The van der Waals surface area contributed by atoms with E-state index in [2.05, 4.69) is 21.2 Å². The monoisotopic (exact) mass is 338 g/mol. The van der Waals surface area contributed by atoms with E-state index in [9.17, 15) is 9.59 Å². The van der Waals surface area contributed by atoms with Crippen LogP contribution in [-0.2, 0) is 16.0 Å². The SMILES string of the molecule is Cc1c(Br)cccc1CC(=O)N[C@@H]1CCC[C@@H]1C(N)=O. The van der Waals surface area contributed by atoms with Crippen molar-refractivity contribution in [3.05, 3.63) is 33.8 Å². The molecule has 0 unspecified atom stereocenters. The molecule has 2 amide bonds. The lowest BCUT2D eigenvalue weighted by Crippen LogP contribution is -2.42. The summed E-state index contributed by atoms with van der Waals surface area (Å²) in [5, 5.41) is 2.95. The smallest absolute Gasteiger partial charge is 0.224 e. The van der Waals surface area contributed by atoms with E-state index in [-0.39, 0.29) is 23.8 Å². The predicted molar refractivity (Wildman–Crippen MR) is 81.0 cm³/mol. The molecule has 0 saturated heterocycles. The lowest BCUT2D eigenvalue weighted by Gasteiger charge is -2.18. The van der Waals surface area contributed by atoms with Crippen molar-refractivity contribution >= 4 is 27.7 Å². The number of carbonyl (C=O) groups is 2. The van der Waals surface area contributed by atoms with Crippen molar-refractivity contribution in [1.29, 1.82) is 0 Å². The number of carbonyl (C=O) groups excluding carboxylic acids is 2. The molecule has 0 spiro atoms. The van der Waals surface area contributed by atoms with Gasteiger partial charge in [-0.2, -0.15) is 0 Å². The van der Waals surface area contributed by atoms with E-state index in [1.54, 1.807) is 0 Å². The number of nitrogens with one attached hydrogen (secondary N) is 1. The van der Waals surface area contributed by atoms with Crippen LogP contribution in [0.4, 0.5) is 0 Å². The minimum absolute atomic E-state index is 0.0515. The highest BCUT2D eigenvalue weighted by Gasteiger charge is 2.32. The number of primary amides is 1. The number of rotatable bonds is 4. The highest BCUT2D eigenvalue weighted by Crippen LogP contribution is 2.25. The van der Waals surface area contributed by atoms with Crippen molar-refractivity contribution in [1.82, 2.24) is 5.32 Å². The van der Waals surface area contributed by atoms with Gasteiger partial charge >= 0.3 is 0 Å². The molecule has 3 N–H and O–H groups in total. The van der Waals surface area contributed by atoms with Crippen molar-refractivity contribution in [2.24, 2.45) is 11.7 Å². The van der Waals surface area contributed by atoms with E-state index in [0.29, 0.717) is 6.42 Å². The molecule has 5 heteroatoms. The maximum atomic E-state index is 12.1. The Kier molecular flexibility index (Phi) is 4.81. The molecule has 2 atom stereocenters. The van der Waals surface area contributed by atoms with Gasteiger partial charge in [0.15, 0.2) is 0 Å². The second-order valence-electron chi connectivity index (χ2n) is 5.31. The fraction of sp³-hybridized carbons (Fsp3) is 0.467. The predicted octanol–water partition coefficient (Wildman–Crippen LogP) is 2.07. The van der Waals surface area contributed by atoms with E-state index in [1.807, 2.05) is 25.1 Å². The van der Waals surface area contributed by atoms with Crippen LogP contribution in [0.1, 0.15) is 30.4 Å². The van der Waals surface area contributed by atoms with Crippen molar-refractivity contribution in [3.63, 3.8) is 0 Å². The summed E-state index contributed by atoms with van der Waals surface area (Å²) in [5.74, 6) is -0.585. The highest BCUT2D eigenvalue weighted by atomic mass is 79.9. The first-order valence-electron chi connectivity index (χ1n) is 6.81. The van der Waals surface area contributed by atoms with E-state index in [1.165, 1.54) is 0 Å². The molecule has 1 aliphatic carbocycles. The third-order valence-electron chi connectivity index (χ3n) is 3.96. The highest BCUT2D eigenvalue weighted by molar-refractivity contribution is 9.10. The molecule has 0 heterocycles. The van der Waals surface area contributed by atoms with Crippen molar-refractivity contribution in [2.45, 2.75) is 38.6 Å². The first-order valence-corrected chi connectivity index (χ1v) is 7.61. The minimum atomic E-state index is -0.313. The minimum Gasteiger partial charge on any atom is -0.369 e. The lowest BCUT2D eigenvalue weighted by molar-refractivity contribution is -0.124. The number of nitrogens with two attached hydrogens (primary N) is 1. The Morgan fingerprint density at radius 1 is 1.40 bits per heavy atom. The van der Waals surface area contributed by atoms with Crippen molar-refractivity contribution in [2.75, 3.05) is 0 Å². The van der Waals surface area contributed by atoms with Crippen LogP contribution in [0.25, 0.3) is 0 Å². The van der Waals surface area contributed by atoms with Gasteiger partial charge in [-0.25, -0.2) is 0 Å². The van der Waals surface area contributed by atoms with Gasteiger partial charge in [-0.3, -0.25) is 9.59 Å². The molecule has 1 aromatic carbocycles. The molecular weight excluding hydrogens is 320 g/mol. The molecular formula is C15H19BrN2O2. The average molecular weight is 339 g/mol. The van der Waals surface area contributed by atoms with Crippen LogP contribution < -0.4 is 11.1 Å². The van der Waals surface area contributed by atoms with Crippen LogP contribution in [0.15, 0.2) is 22.7 Å². The molecule has 1 aromatic rings. The number of amides is 2. The zero-order valence-electron chi connectivity index (χ0n) is 11.5. The Morgan fingerprint density at radius 2 is 2.15 bits per heavy atom. The molecule has 0 radical (unpaired) electrons. The summed E-state index contributed by atoms with van der Waals surface area (Å²) in [5.41, 5.74) is 7.43. The first kappa shape index (κ1) is 15.0. The Morgan fingerprint density at radius 3 is 2.85 bits per heavy atom. The summed E-state index contributed by atoms with van der Waals surface area (Å²) in [6.07, 6.45) is 2.87. The molecule has 2 rings (SSSR count). The van der Waals surface area contributed by atoms with Crippen molar-refractivity contribution < 1.29 is 9.59 Å². The van der Waals surface area contributed by atoms with Gasteiger partial charge in [0.1, 0.15) is 0 Å². The van der Waals surface area contributed by atoms with Crippen LogP contribution >= 0.6 is 15.9 Å². The van der Waals surface area contributed by atoms with Gasteiger partial charge < -0.3 is 11.1 Å². The van der Waals surface area contributed by atoms with Gasteiger partial charge in [0, 0.05) is 10.5 Å². The third kappa shape index (κ3) is 3.39. The summed E-state index contributed by atoms with van der Waals surface area (Å²) >= 11 is 3.46. The summed E-state index contributed by atoms with van der Waals surface area (Å²) in [6, 6.07) is 5.71. The van der Waals surface area contributed by atoms with Crippen LogP contribution in [0.2, 0.25) is 0 Å². The van der Waals surface area contributed by atoms with Gasteiger partial charge in [-0.1, -0.05) is 34.5 Å². The quantitative estimate of drug-likeness (QED) is 0.881. The summed E-state index contributed by atoms with van der Waals surface area (Å²) in [6.45, 7) is 1.98. The summed E-state index contributed by atoms with van der Waals surface area (Å²) in [7, 11) is 0. The fourth-order valence-corrected chi connectivity index (χ4v) is 3.16. The van der Waals surface area contributed by atoms with E-state index in [4.69, 9.17) is 5.73 Å². The van der Waals surface area contributed by atoms with Crippen LogP contribution in [-0.4, -0.2) is 17.9 Å². The molecule has 1 aliphatic rings. The Balaban J connectivity index is 1.99. The molecule has 108 valence electrons. The summed E-state index contributed by atoms with van der Waals surface area (Å²) < 4.78 is 0.999. The number of benzene rings is 1. The zero-order valence-corrected chi connectivity index (χ0v) is 13.1. The molecule has 0 bridgehead atoms. The molecule has 4 nitrogen and oxygen atoms in total. The number of halogens is 1. The second-order valence-corrected chi connectivity index (χ2v) is 6.17. The Labute approximate surface area is 127 Å². The molecule has 1 saturated carbocycles. The number of hydrogen-bond acceptors (Lipinski definition) is 2. The largest absolute Gasteiger partial charge is 0.369 e. The fourth-order valence-electron chi connectivity index (χ4n) is 2.75. The van der Waals surface area contributed by atoms with Crippen LogP contribution in [0, 0.1) is 12.8 Å². The third-order valence-corrected chi connectivity index (χ3v) is 4.82. The average Bonchev–Trinajstić information content (AvgIpc) is 2.83. The van der Waals surface area contributed by atoms with Gasteiger partial charge in [0.05, 0.1) is 12.3 Å². The normalized spacial score (nSPS) is 21.7. The molecule has 0 aliphatic heterocycles. The maximum Gasteiger partial charge on any atom is 0.224 e. The first-order chi connectivity index (χ1) is 9.49. The van der Waals surface area contributed by atoms with Gasteiger partial charge in [0.2, 0.25) is 11.8 Å². The van der Waals surface area contributed by atoms with E-state index in [0.717, 1.165) is 34.9 Å². The van der Waals surface area contributed by atoms with E-state index < -0.39 is 0 Å².